The SMILES string of the molecule is COc1cc(NC(=O)CSc2nc3ccncc3[nH]2)cc(OC)c1. The summed E-state index contributed by atoms with van der Waals surface area (Å²) in [6.45, 7) is 0. The number of pyridine rings is 1. The van der Waals surface area contributed by atoms with Crippen molar-refractivity contribution in [1.82, 2.24) is 15.0 Å². The highest BCUT2D eigenvalue weighted by Gasteiger charge is 2.09. The van der Waals surface area contributed by atoms with Crippen molar-refractivity contribution in [2.45, 2.75) is 5.16 Å². The molecule has 0 unspecified atom stereocenters. The molecule has 2 aromatic heterocycles. The van der Waals surface area contributed by atoms with Crippen LogP contribution in [0.4, 0.5) is 5.69 Å². The van der Waals surface area contributed by atoms with Crippen molar-refractivity contribution < 1.29 is 14.3 Å². The molecule has 0 bridgehead atoms. The molecule has 0 aliphatic carbocycles. The standard InChI is InChI=1S/C16H16N4O3S/c1-22-11-5-10(6-12(7-11)23-2)18-15(21)9-24-16-19-13-3-4-17-8-14(13)20-16/h3-8H,9H2,1-2H3,(H,18,21)(H,19,20). The topological polar surface area (TPSA) is 89.1 Å². The summed E-state index contributed by atoms with van der Waals surface area (Å²) in [5.41, 5.74) is 2.29. The molecule has 2 heterocycles. The molecule has 0 atom stereocenters. The summed E-state index contributed by atoms with van der Waals surface area (Å²) < 4.78 is 10.4. The smallest absolute Gasteiger partial charge is 0.234 e. The first-order valence-corrected chi connectivity index (χ1v) is 8.12. The number of carbonyl (C=O) groups is 1. The number of methoxy groups -OCH3 is 2. The fourth-order valence-electron chi connectivity index (χ4n) is 2.11. The van der Waals surface area contributed by atoms with Crippen molar-refractivity contribution >= 4 is 34.4 Å². The van der Waals surface area contributed by atoms with E-state index in [1.807, 2.05) is 6.07 Å². The summed E-state index contributed by atoms with van der Waals surface area (Å²) in [5, 5.41) is 3.50. The number of thioether (sulfide) groups is 1. The van der Waals surface area contributed by atoms with Crippen LogP contribution in [-0.4, -0.2) is 40.8 Å². The number of hydrogen-bond acceptors (Lipinski definition) is 6. The first-order valence-electron chi connectivity index (χ1n) is 7.13. The number of ether oxygens (including phenoxy) is 2. The number of anilines is 1. The fraction of sp³-hybridized carbons (Fsp3) is 0.188. The van der Waals surface area contributed by atoms with Gasteiger partial charge in [-0.05, 0) is 6.07 Å². The third-order valence-electron chi connectivity index (χ3n) is 3.24. The van der Waals surface area contributed by atoms with Gasteiger partial charge >= 0.3 is 0 Å². The van der Waals surface area contributed by atoms with Crippen LogP contribution in [0.5, 0.6) is 11.5 Å². The molecule has 7 nitrogen and oxygen atoms in total. The lowest BCUT2D eigenvalue weighted by molar-refractivity contribution is -0.113. The summed E-state index contributed by atoms with van der Waals surface area (Å²) in [7, 11) is 3.12. The van der Waals surface area contributed by atoms with E-state index >= 15 is 0 Å². The number of rotatable bonds is 6. The molecule has 0 radical (unpaired) electrons. The lowest BCUT2D eigenvalue weighted by Gasteiger charge is -2.09. The average Bonchev–Trinajstić information content (AvgIpc) is 3.02. The van der Waals surface area contributed by atoms with Crippen LogP contribution in [0.15, 0.2) is 41.8 Å². The van der Waals surface area contributed by atoms with Gasteiger partial charge in [-0.2, -0.15) is 0 Å². The minimum absolute atomic E-state index is 0.145. The lowest BCUT2D eigenvalue weighted by Crippen LogP contribution is -2.14. The number of imidazole rings is 1. The van der Waals surface area contributed by atoms with Crippen LogP contribution < -0.4 is 14.8 Å². The van der Waals surface area contributed by atoms with Gasteiger partial charge in [-0.1, -0.05) is 11.8 Å². The molecule has 2 N–H and O–H groups in total. The van der Waals surface area contributed by atoms with Gasteiger partial charge in [0.15, 0.2) is 5.16 Å². The molecular formula is C16H16N4O3S. The second kappa shape index (κ2) is 7.22. The monoisotopic (exact) mass is 344 g/mol. The highest BCUT2D eigenvalue weighted by Crippen LogP contribution is 2.26. The molecule has 0 fully saturated rings. The first kappa shape index (κ1) is 16.1. The molecule has 8 heteroatoms. The van der Waals surface area contributed by atoms with Gasteiger partial charge in [0.1, 0.15) is 11.5 Å². The lowest BCUT2D eigenvalue weighted by atomic mass is 10.2. The van der Waals surface area contributed by atoms with E-state index in [0.717, 1.165) is 11.0 Å². The minimum Gasteiger partial charge on any atom is -0.497 e. The number of aromatic amines is 1. The number of nitrogens with zero attached hydrogens (tertiary/aromatic N) is 2. The van der Waals surface area contributed by atoms with Crippen molar-refractivity contribution in [2.24, 2.45) is 0 Å². The number of fused-ring (bicyclic) bond motifs is 1. The molecule has 124 valence electrons. The molecule has 0 saturated carbocycles. The molecule has 0 spiro atoms. The zero-order valence-electron chi connectivity index (χ0n) is 13.2. The predicted octanol–water partition coefficient (Wildman–Crippen LogP) is 2.71. The Kier molecular flexibility index (Phi) is 4.85. The van der Waals surface area contributed by atoms with Crippen LogP contribution in [0.3, 0.4) is 0 Å². The van der Waals surface area contributed by atoms with E-state index in [1.54, 1.807) is 44.8 Å². The quantitative estimate of drug-likeness (QED) is 0.668. The Morgan fingerprint density at radius 3 is 2.67 bits per heavy atom. The van der Waals surface area contributed by atoms with E-state index in [4.69, 9.17) is 9.47 Å². The van der Waals surface area contributed by atoms with E-state index in [2.05, 4.69) is 20.3 Å². The number of benzene rings is 1. The van der Waals surface area contributed by atoms with Crippen LogP contribution in [0.25, 0.3) is 11.0 Å². The largest absolute Gasteiger partial charge is 0.497 e. The molecule has 3 rings (SSSR count). The number of aromatic nitrogens is 3. The average molecular weight is 344 g/mol. The summed E-state index contributed by atoms with van der Waals surface area (Å²) in [5.74, 6) is 1.31. The van der Waals surface area contributed by atoms with E-state index < -0.39 is 0 Å². The minimum atomic E-state index is -0.145. The normalized spacial score (nSPS) is 10.6. The molecule has 1 amide bonds. The van der Waals surface area contributed by atoms with Gasteiger partial charge in [0.25, 0.3) is 0 Å². The number of carbonyl (C=O) groups excluding carboxylic acids is 1. The van der Waals surface area contributed by atoms with Crippen molar-refractivity contribution in [3.63, 3.8) is 0 Å². The van der Waals surface area contributed by atoms with Crippen molar-refractivity contribution in [3.8, 4) is 11.5 Å². The van der Waals surface area contributed by atoms with E-state index in [0.29, 0.717) is 22.3 Å². The first-order chi connectivity index (χ1) is 11.7. The van der Waals surface area contributed by atoms with Crippen LogP contribution in [0, 0.1) is 0 Å². The maximum Gasteiger partial charge on any atom is 0.234 e. The van der Waals surface area contributed by atoms with Gasteiger partial charge in [0.05, 0.1) is 37.2 Å². The van der Waals surface area contributed by atoms with Gasteiger partial charge in [0, 0.05) is 30.1 Å². The molecule has 0 aliphatic rings. The van der Waals surface area contributed by atoms with Gasteiger partial charge in [-0.25, -0.2) is 4.98 Å². The van der Waals surface area contributed by atoms with Gasteiger partial charge in [-0.3, -0.25) is 9.78 Å². The van der Waals surface area contributed by atoms with E-state index in [-0.39, 0.29) is 11.7 Å². The number of amides is 1. The van der Waals surface area contributed by atoms with Gasteiger partial charge < -0.3 is 19.8 Å². The zero-order valence-corrected chi connectivity index (χ0v) is 14.0. The molecular weight excluding hydrogens is 328 g/mol. The van der Waals surface area contributed by atoms with Crippen LogP contribution in [0.2, 0.25) is 0 Å². The third-order valence-corrected chi connectivity index (χ3v) is 4.11. The summed E-state index contributed by atoms with van der Waals surface area (Å²) >= 11 is 1.32. The van der Waals surface area contributed by atoms with Gasteiger partial charge in [0.2, 0.25) is 5.91 Å². The Morgan fingerprint density at radius 1 is 1.25 bits per heavy atom. The third kappa shape index (κ3) is 3.77. The van der Waals surface area contributed by atoms with Crippen LogP contribution in [-0.2, 0) is 4.79 Å². The summed E-state index contributed by atoms with van der Waals surface area (Å²) in [6, 6.07) is 7.03. The Morgan fingerprint density at radius 2 is 2.00 bits per heavy atom. The Balaban J connectivity index is 1.63. The second-order valence-corrected chi connectivity index (χ2v) is 5.84. The number of hydrogen-bond donors (Lipinski definition) is 2. The van der Waals surface area contributed by atoms with Gasteiger partial charge in [-0.15, -0.1) is 0 Å². The Labute approximate surface area is 142 Å². The van der Waals surface area contributed by atoms with Crippen molar-refractivity contribution in [3.05, 3.63) is 36.7 Å². The van der Waals surface area contributed by atoms with Crippen LogP contribution in [0.1, 0.15) is 0 Å². The Bertz CT molecular complexity index is 810. The number of nitrogens with one attached hydrogen (secondary N) is 2. The molecule has 1 aromatic carbocycles. The molecule has 24 heavy (non-hydrogen) atoms. The summed E-state index contributed by atoms with van der Waals surface area (Å²) in [6.07, 6.45) is 3.38. The maximum atomic E-state index is 12.1. The molecule has 0 aliphatic heterocycles. The molecule has 3 aromatic rings. The molecule has 0 saturated heterocycles. The maximum absolute atomic E-state index is 12.1. The fourth-order valence-corrected chi connectivity index (χ4v) is 2.80. The Hall–Kier alpha value is -2.74. The van der Waals surface area contributed by atoms with Crippen molar-refractivity contribution in [2.75, 3.05) is 25.3 Å². The highest BCUT2D eigenvalue weighted by atomic mass is 32.2. The van der Waals surface area contributed by atoms with Crippen molar-refractivity contribution in [1.29, 1.82) is 0 Å². The highest BCUT2D eigenvalue weighted by molar-refractivity contribution is 7.99. The zero-order chi connectivity index (χ0) is 16.9. The predicted molar refractivity (Wildman–Crippen MR) is 92.8 cm³/mol. The van der Waals surface area contributed by atoms with Crippen LogP contribution >= 0.6 is 11.8 Å². The summed E-state index contributed by atoms with van der Waals surface area (Å²) in [4.78, 5) is 23.7. The second-order valence-electron chi connectivity index (χ2n) is 4.87. The van der Waals surface area contributed by atoms with E-state index in [1.165, 1.54) is 11.8 Å². The number of H-pyrrole nitrogens is 1. The van der Waals surface area contributed by atoms with E-state index in [9.17, 15) is 4.79 Å².